The standard InChI is InChI=1S/C19H23ClN2O3S/c1-19(2,3)25-18(24)22-7-6-12(11-22)10-21-17(23)16-9-13-8-14(20)4-5-15(13)26-16/h4-5,8-9,12H,6-7,10-11H2,1-3H3,(H,21,23)/t12-/m1/s1. The average Bonchev–Trinajstić information content (AvgIpc) is 3.17. The zero-order valence-electron chi connectivity index (χ0n) is 15.2. The molecule has 5 nitrogen and oxygen atoms in total. The van der Waals surface area contributed by atoms with Crippen molar-refractivity contribution in [3.8, 4) is 0 Å². The predicted molar refractivity (Wildman–Crippen MR) is 105 cm³/mol. The van der Waals surface area contributed by atoms with Gasteiger partial charge < -0.3 is 15.0 Å². The first-order valence-electron chi connectivity index (χ1n) is 8.66. The van der Waals surface area contributed by atoms with Crippen molar-refractivity contribution in [2.45, 2.75) is 32.8 Å². The van der Waals surface area contributed by atoms with Crippen molar-refractivity contribution in [3.63, 3.8) is 0 Å². The van der Waals surface area contributed by atoms with E-state index in [0.717, 1.165) is 16.5 Å². The summed E-state index contributed by atoms with van der Waals surface area (Å²) in [5, 5.41) is 4.62. The highest BCUT2D eigenvalue weighted by Crippen LogP contribution is 2.28. The molecule has 0 radical (unpaired) electrons. The average molecular weight is 395 g/mol. The Bertz CT molecular complexity index is 828. The number of rotatable bonds is 3. The van der Waals surface area contributed by atoms with Gasteiger partial charge in [-0.25, -0.2) is 4.79 Å². The maximum atomic E-state index is 12.4. The van der Waals surface area contributed by atoms with E-state index in [4.69, 9.17) is 16.3 Å². The lowest BCUT2D eigenvalue weighted by Gasteiger charge is -2.24. The van der Waals surface area contributed by atoms with Gasteiger partial charge in [-0.2, -0.15) is 0 Å². The predicted octanol–water partition coefficient (Wildman–Crippen LogP) is 4.54. The highest BCUT2D eigenvalue weighted by atomic mass is 35.5. The van der Waals surface area contributed by atoms with Gasteiger partial charge in [-0.3, -0.25) is 4.79 Å². The first-order chi connectivity index (χ1) is 12.2. The Kier molecular flexibility index (Phi) is 5.44. The number of hydrogen-bond donors (Lipinski definition) is 1. The summed E-state index contributed by atoms with van der Waals surface area (Å²) in [6, 6.07) is 7.48. The largest absolute Gasteiger partial charge is 0.444 e. The van der Waals surface area contributed by atoms with E-state index in [9.17, 15) is 9.59 Å². The molecule has 2 heterocycles. The lowest BCUT2D eigenvalue weighted by Crippen LogP contribution is -2.36. The minimum absolute atomic E-state index is 0.0851. The van der Waals surface area contributed by atoms with E-state index >= 15 is 0 Å². The summed E-state index contributed by atoms with van der Waals surface area (Å²) < 4.78 is 6.44. The summed E-state index contributed by atoms with van der Waals surface area (Å²) >= 11 is 7.45. The number of carbonyl (C=O) groups is 2. The second-order valence-electron chi connectivity index (χ2n) is 7.58. The van der Waals surface area contributed by atoms with Crippen LogP contribution in [0.2, 0.25) is 5.02 Å². The SMILES string of the molecule is CC(C)(C)OC(=O)N1CC[C@H](CNC(=O)c2cc3cc(Cl)ccc3s2)C1. The van der Waals surface area contributed by atoms with Crippen LogP contribution in [0.1, 0.15) is 36.9 Å². The molecule has 0 aliphatic carbocycles. The molecule has 0 unspecified atom stereocenters. The number of hydrogen-bond acceptors (Lipinski definition) is 4. The smallest absolute Gasteiger partial charge is 0.410 e. The number of nitrogens with zero attached hydrogens (tertiary/aromatic N) is 1. The van der Waals surface area contributed by atoms with Crippen molar-refractivity contribution in [3.05, 3.63) is 34.2 Å². The monoisotopic (exact) mass is 394 g/mol. The molecule has 7 heteroatoms. The number of thiophene rings is 1. The van der Waals surface area contributed by atoms with E-state index in [1.165, 1.54) is 11.3 Å². The van der Waals surface area contributed by atoms with Gasteiger partial charge in [-0.1, -0.05) is 11.6 Å². The van der Waals surface area contributed by atoms with Crippen LogP contribution in [0.3, 0.4) is 0 Å². The number of halogens is 1. The Morgan fingerprint density at radius 1 is 1.35 bits per heavy atom. The second kappa shape index (κ2) is 7.45. The molecular weight excluding hydrogens is 372 g/mol. The summed E-state index contributed by atoms with van der Waals surface area (Å²) in [4.78, 5) is 26.9. The van der Waals surface area contributed by atoms with Crippen LogP contribution in [0.15, 0.2) is 24.3 Å². The molecule has 1 aliphatic rings. The summed E-state index contributed by atoms with van der Waals surface area (Å²) in [6.45, 7) is 7.39. The Morgan fingerprint density at radius 3 is 2.85 bits per heavy atom. The zero-order chi connectivity index (χ0) is 18.9. The molecular formula is C19H23ClN2O3S. The lowest BCUT2D eigenvalue weighted by atomic mass is 10.1. The van der Waals surface area contributed by atoms with E-state index in [2.05, 4.69) is 5.32 Å². The number of nitrogens with one attached hydrogen (secondary N) is 1. The van der Waals surface area contributed by atoms with Gasteiger partial charge >= 0.3 is 6.09 Å². The third-order valence-corrected chi connectivity index (χ3v) is 5.54. The van der Waals surface area contributed by atoms with Crippen molar-refractivity contribution < 1.29 is 14.3 Å². The van der Waals surface area contributed by atoms with Gasteiger partial charge in [-0.05, 0) is 62.8 Å². The highest BCUT2D eigenvalue weighted by molar-refractivity contribution is 7.20. The van der Waals surface area contributed by atoms with E-state index < -0.39 is 5.60 Å². The quantitative estimate of drug-likeness (QED) is 0.831. The third-order valence-electron chi connectivity index (χ3n) is 4.19. The molecule has 1 aromatic heterocycles. The minimum atomic E-state index is -0.493. The van der Waals surface area contributed by atoms with Crippen LogP contribution >= 0.6 is 22.9 Å². The molecule has 1 saturated heterocycles. The van der Waals surface area contributed by atoms with E-state index in [1.54, 1.807) is 4.90 Å². The van der Waals surface area contributed by atoms with Crippen LogP contribution in [-0.4, -0.2) is 42.1 Å². The number of carbonyl (C=O) groups excluding carboxylic acids is 2. The molecule has 0 spiro atoms. The fraction of sp³-hybridized carbons (Fsp3) is 0.474. The molecule has 1 N–H and O–H groups in total. The fourth-order valence-corrected chi connectivity index (χ4v) is 4.08. The zero-order valence-corrected chi connectivity index (χ0v) is 16.7. The molecule has 1 aromatic carbocycles. The van der Waals surface area contributed by atoms with Crippen LogP contribution in [-0.2, 0) is 4.74 Å². The first-order valence-corrected chi connectivity index (χ1v) is 9.86. The van der Waals surface area contributed by atoms with Gasteiger partial charge in [0.25, 0.3) is 5.91 Å². The summed E-state index contributed by atoms with van der Waals surface area (Å²) in [5.41, 5.74) is -0.493. The second-order valence-corrected chi connectivity index (χ2v) is 9.10. The molecule has 140 valence electrons. The van der Waals surface area contributed by atoms with Gasteiger partial charge in [0.2, 0.25) is 0 Å². The molecule has 0 bridgehead atoms. The van der Waals surface area contributed by atoms with Crippen LogP contribution in [0.25, 0.3) is 10.1 Å². The Labute approximate surface area is 162 Å². The Balaban J connectivity index is 1.52. The lowest BCUT2D eigenvalue weighted by molar-refractivity contribution is 0.0288. The summed E-state index contributed by atoms with van der Waals surface area (Å²) in [5.74, 6) is 0.160. The number of likely N-dealkylation sites (tertiary alicyclic amines) is 1. The topological polar surface area (TPSA) is 58.6 Å². The molecule has 1 atom stereocenters. The van der Waals surface area contributed by atoms with Crippen LogP contribution in [0, 0.1) is 5.92 Å². The molecule has 2 amide bonds. The van der Waals surface area contributed by atoms with Gasteiger partial charge in [0.15, 0.2) is 0 Å². The normalized spacial score (nSPS) is 17.5. The van der Waals surface area contributed by atoms with E-state index in [-0.39, 0.29) is 17.9 Å². The maximum Gasteiger partial charge on any atom is 0.410 e. The van der Waals surface area contributed by atoms with Crippen LogP contribution in [0.5, 0.6) is 0 Å². The van der Waals surface area contributed by atoms with Crippen LogP contribution in [0.4, 0.5) is 4.79 Å². The molecule has 26 heavy (non-hydrogen) atoms. The highest BCUT2D eigenvalue weighted by Gasteiger charge is 2.30. The van der Waals surface area contributed by atoms with Crippen molar-refractivity contribution in [2.75, 3.05) is 19.6 Å². The number of benzene rings is 1. The van der Waals surface area contributed by atoms with Gasteiger partial charge in [0.1, 0.15) is 5.60 Å². The first kappa shape index (κ1) is 19.0. The number of amides is 2. The van der Waals surface area contributed by atoms with Gasteiger partial charge in [0.05, 0.1) is 4.88 Å². The fourth-order valence-electron chi connectivity index (χ4n) is 2.94. The van der Waals surface area contributed by atoms with Crippen LogP contribution < -0.4 is 5.32 Å². The number of ether oxygens (including phenoxy) is 1. The molecule has 0 saturated carbocycles. The summed E-state index contributed by atoms with van der Waals surface area (Å²) in [6.07, 6.45) is 0.578. The summed E-state index contributed by atoms with van der Waals surface area (Å²) in [7, 11) is 0. The molecule has 1 aliphatic heterocycles. The third kappa shape index (κ3) is 4.68. The Morgan fingerprint density at radius 2 is 2.12 bits per heavy atom. The maximum absolute atomic E-state index is 12.4. The van der Waals surface area contributed by atoms with Gasteiger partial charge in [0, 0.05) is 29.4 Å². The van der Waals surface area contributed by atoms with E-state index in [0.29, 0.717) is 29.5 Å². The van der Waals surface area contributed by atoms with Crippen molar-refractivity contribution in [2.24, 2.45) is 5.92 Å². The molecule has 2 aromatic rings. The minimum Gasteiger partial charge on any atom is -0.444 e. The molecule has 3 rings (SSSR count). The van der Waals surface area contributed by atoms with Crippen molar-refractivity contribution in [1.29, 1.82) is 0 Å². The Hall–Kier alpha value is -1.79. The van der Waals surface area contributed by atoms with Crippen molar-refractivity contribution in [1.82, 2.24) is 10.2 Å². The van der Waals surface area contributed by atoms with Gasteiger partial charge in [-0.15, -0.1) is 11.3 Å². The number of fused-ring (bicyclic) bond motifs is 1. The van der Waals surface area contributed by atoms with E-state index in [1.807, 2.05) is 45.0 Å². The molecule has 1 fully saturated rings. The van der Waals surface area contributed by atoms with Crippen molar-refractivity contribution >= 4 is 45.0 Å².